The zero-order valence-electron chi connectivity index (χ0n) is 20.7. The zero-order valence-corrected chi connectivity index (χ0v) is 21.5. The van der Waals surface area contributed by atoms with E-state index in [1.165, 1.54) is 4.57 Å². The third-order valence-electron chi connectivity index (χ3n) is 6.36. The molecule has 36 heavy (non-hydrogen) atoms. The molecule has 0 aliphatic carbocycles. The van der Waals surface area contributed by atoms with Crippen LogP contribution in [0, 0.1) is 6.92 Å². The van der Waals surface area contributed by atoms with Gasteiger partial charge in [0.15, 0.2) is 4.80 Å². The van der Waals surface area contributed by atoms with Crippen molar-refractivity contribution < 1.29 is 14.3 Å². The van der Waals surface area contributed by atoms with Gasteiger partial charge in [0, 0.05) is 31.0 Å². The number of anilines is 2. The molecule has 2 aliphatic heterocycles. The number of allylic oxidation sites excluding steroid dienone is 1. The molecule has 3 heterocycles. The fourth-order valence-corrected chi connectivity index (χ4v) is 5.76. The highest BCUT2D eigenvalue weighted by molar-refractivity contribution is 7.07. The summed E-state index contributed by atoms with van der Waals surface area (Å²) >= 11 is 1.16. The third-order valence-corrected chi connectivity index (χ3v) is 7.42. The molecule has 1 N–H and O–H groups in total. The summed E-state index contributed by atoms with van der Waals surface area (Å²) in [7, 11) is 3.89. The number of ether oxygens (including phenoxy) is 1. The van der Waals surface area contributed by atoms with Crippen LogP contribution >= 0.6 is 11.3 Å². The van der Waals surface area contributed by atoms with Gasteiger partial charge in [-0.3, -0.25) is 14.2 Å². The first kappa shape index (κ1) is 23.7. The lowest BCUT2D eigenvalue weighted by atomic mass is 9.95. The predicted octanol–water partition coefficient (Wildman–Crippen LogP) is 2.50. The van der Waals surface area contributed by atoms with Crippen LogP contribution in [0.4, 0.5) is 11.4 Å². The number of nitrogens with zero attached hydrogens (tertiary/aromatic N) is 3. The number of aromatic nitrogens is 1. The molecule has 0 spiro atoms. The predicted molar refractivity (Wildman–Crippen MR) is 140 cm³/mol. The number of nitrogens with one attached hydrogen (secondary N) is 1. The SMILES string of the molecule is CCOC(=O)C1=C(C)N=c2s/c(=C3\C(=O)Nc4ccc(C)cc43)c(=O)n2[C@@H]1c1ccc(N(C)C)cc1. The number of hydrogen-bond acceptors (Lipinski definition) is 7. The Morgan fingerprint density at radius 2 is 1.86 bits per heavy atom. The van der Waals surface area contributed by atoms with E-state index in [4.69, 9.17) is 4.74 Å². The monoisotopic (exact) mass is 502 g/mol. The van der Waals surface area contributed by atoms with Crippen molar-refractivity contribution >= 4 is 40.2 Å². The summed E-state index contributed by atoms with van der Waals surface area (Å²) in [5.41, 5.74) is 4.85. The average Bonchev–Trinajstić information content (AvgIpc) is 3.32. The van der Waals surface area contributed by atoms with Gasteiger partial charge >= 0.3 is 5.97 Å². The lowest BCUT2D eigenvalue weighted by Crippen LogP contribution is -2.40. The minimum Gasteiger partial charge on any atom is -0.463 e. The Hall–Kier alpha value is -3.98. The molecule has 0 unspecified atom stereocenters. The Balaban J connectivity index is 1.80. The van der Waals surface area contributed by atoms with Crippen molar-refractivity contribution in [3.63, 3.8) is 0 Å². The van der Waals surface area contributed by atoms with Crippen LogP contribution in [0.15, 0.2) is 63.5 Å². The number of fused-ring (bicyclic) bond motifs is 2. The Morgan fingerprint density at radius 3 is 2.53 bits per heavy atom. The number of rotatable bonds is 4. The maximum atomic E-state index is 14.0. The number of thiazole rings is 1. The van der Waals surface area contributed by atoms with Crippen molar-refractivity contribution in [1.82, 2.24) is 4.57 Å². The van der Waals surface area contributed by atoms with E-state index in [1.807, 2.05) is 68.4 Å². The molecule has 1 aromatic heterocycles. The fourth-order valence-electron chi connectivity index (χ4n) is 4.62. The highest BCUT2D eigenvalue weighted by Gasteiger charge is 2.35. The maximum absolute atomic E-state index is 14.0. The van der Waals surface area contributed by atoms with E-state index in [0.29, 0.717) is 37.4 Å². The second-order valence-electron chi connectivity index (χ2n) is 8.99. The summed E-state index contributed by atoms with van der Waals surface area (Å²) in [5, 5.41) is 2.86. The van der Waals surface area contributed by atoms with Crippen molar-refractivity contribution in [2.45, 2.75) is 26.8 Å². The van der Waals surface area contributed by atoms with Crippen LogP contribution in [-0.4, -0.2) is 37.1 Å². The molecule has 9 heteroatoms. The normalized spacial score (nSPS) is 17.8. The molecule has 3 aromatic rings. The molecule has 0 saturated heterocycles. The number of amides is 1. The van der Waals surface area contributed by atoms with Gasteiger partial charge in [-0.25, -0.2) is 9.79 Å². The summed E-state index contributed by atoms with van der Waals surface area (Å²) in [6.45, 7) is 5.63. The van der Waals surface area contributed by atoms with Crippen LogP contribution in [0.25, 0.3) is 5.57 Å². The van der Waals surface area contributed by atoms with Crippen LogP contribution in [0.1, 0.15) is 36.6 Å². The third kappa shape index (κ3) is 3.76. The topological polar surface area (TPSA) is 93.0 Å². The van der Waals surface area contributed by atoms with Crippen molar-refractivity contribution in [2.75, 3.05) is 30.9 Å². The van der Waals surface area contributed by atoms with Gasteiger partial charge in [0.1, 0.15) is 4.53 Å². The number of hydrogen-bond donors (Lipinski definition) is 1. The summed E-state index contributed by atoms with van der Waals surface area (Å²) < 4.78 is 7.16. The van der Waals surface area contributed by atoms with Crippen LogP contribution in [0.5, 0.6) is 0 Å². The molecule has 0 saturated carbocycles. The molecule has 0 radical (unpaired) electrons. The maximum Gasteiger partial charge on any atom is 0.338 e. The van der Waals surface area contributed by atoms with Gasteiger partial charge in [0.25, 0.3) is 11.5 Å². The Labute approximate surface area is 211 Å². The molecule has 1 amide bonds. The number of aryl methyl sites for hydroxylation is 1. The van der Waals surface area contributed by atoms with E-state index in [-0.39, 0.29) is 18.1 Å². The van der Waals surface area contributed by atoms with Crippen LogP contribution in [0.3, 0.4) is 0 Å². The quantitative estimate of drug-likeness (QED) is 0.554. The van der Waals surface area contributed by atoms with E-state index in [2.05, 4.69) is 10.3 Å². The highest BCUT2D eigenvalue weighted by Crippen LogP contribution is 2.33. The zero-order chi connectivity index (χ0) is 25.7. The van der Waals surface area contributed by atoms with Crippen molar-refractivity contribution in [3.05, 3.63) is 90.1 Å². The van der Waals surface area contributed by atoms with Crippen molar-refractivity contribution in [3.8, 4) is 0 Å². The minimum absolute atomic E-state index is 0.201. The second-order valence-corrected chi connectivity index (χ2v) is 9.96. The number of esters is 1. The molecule has 0 bridgehead atoms. The average molecular weight is 503 g/mol. The Bertz CT molecular complexity index is 1630. The van der Waals surface area contributed by atoms with E-state index in [0.717, 1.165) is 28.2 Å². The van der Waals surface area contributed by atoms with Crippen LogP contribution in [0.2, 0.25) is 0 Å². The van der Waals surface area contributed by atoms with Gasteiger partial charge < -0.3 is 15.0 Å². The Kier molecular flexibility index (Phi) is 5.88. The van der Waals surface area contributed by atoms with Gasteiger partial charge in [-0.15, -0.1) is 0 Å². The molecular weight excluding hydrogens is 476 g/mol. The fraction of sp³-hybridized carbons (Fsp3) is 0.259. The molecule has 2 aliphatic rings. The van der Waals surface area contributed by atoms with E-state index < -0.39 is 12.0 Å². The summed E-state index contributed by atoms with van der Waals surface area (Å²) in [6, 6.07) is 12.6. The largest absolute Gasteiger partial charge is 0.463 e. The minimum atomic E-state index is -0.729. The summed E-state index contributed by atoms with van der Waals surface area (Å²) in [5.74, 6) is -0.841. The number of benzene rings is 2. The summed E-state index contributed by atoms with van der Waals surface area (Å²) in [6.07, 6.45) is 0. The van der Waals surface area contributed by atoms with Crippen LogP contribution in [-0.2, 0) is 14.3 Å². The Morgan fingerprint density at radius 1 is 1.14 bits per heavy atom. The van der Waals surface area contributed by atoms with Crippen molar-refractivity contribution in [1.29, 1.82) is 0 Å². The standard InChI is InChI=1S/C27H26N4O4S/c1-6-35-26(34)20-15(3)28-27-31(22(20)16-8-10-17(11-9-16)30(4)5)25(33)23(36-27)21-18-13-14(2)7-12-19(18)29-24(21)32/h7-13,22H,6H2,1-5H3,(H,29,32)/b23-21-/t22-/m1/s1. The molecular formula is C27H26N4O4S. The summed E-state index contributed by atoms with van der Waals surface area (Å²) in [4.78, 5) is 47.0. The first-order chi connectivity index (χ1) is 17.2. The number of carbonyl (C=O) groups excluding carboxylic acids is 2. The lowest BCUT2D eigenvalue weighted by molar-refractivity contribution is -0.139. The molecule has 5 rings (SSSR count). The highest BCUT2D eigenvalue weighted by atomic mass is 32.1. The molecule has 0 fully saturated rings. The van der Waals surface area contributed by atoms with E-state index in [1.54, 1.807) is 13.8 Å². The molecule has 2 aromatic carbocycles. The second kappa shape index (κ2) is 8.91. The van der Waals surface area contributed by atoms with Gasteiger partial charge in [0.05, 0.1) is 29.5 Å². The number of carbonyl (C=O) groups is 2. The smallest absolute Gasteiger partial charge is 0.338 e. The van der Waals surface area contributed by atoms with Gasteiger partial charge in [0.2, 0.25) is 0 Å². The molecule has 8 nitrogen and oxygen atoms in total. The van der Waals surface area contributed by atoms with Gasteiger partial charge in [-0.05, 0) is 50.6 Å². The van der Waals surface area contributed by atoms with Crippen LogP contribution < -0.4 is 25.1 Å². The first-order valence-electron chi connectivity index (χ1n) is 11.6. The first-order valence-corrected chi connectivity index (χ1v) is 12.4. The lowest BCUT2D eigenvalue weighted by Gasteiger charge is -2.25. The van der Waals surface area contributed by atoms with Gasteiger partial charge in [-0.1, -0.05) is 35.1 Å². The molecule has 1 atom stereocenters. The van der Waals surface area contributed by atoms with E-state index >= 15 is 0 Å². The molecule has 184 valence electrons. The van der Waals surface area contributed by atoms with E-state index in [9.17, 15) is 14.4 Å². The van der Waals surface area contributed by atoms with Crippen molar-refractivity contribution in [2.24, 2.45) is 4.99 Å². The van der Waals surface area contributed by atoms with Gasteiger partial charge in [-0.2, -0.15) is 0 Å².